The van der Waals surface area contributed by atoms with E-state index in [0.717, 1.165) is 51.4 Å². The monoisotopic (exact) mass is 366 g/mol. The van der Waals surface area contributed by atoms with E-state index >= 15 is 0 Å². The van der Waals surface area contributed by atoms with Gasteiger partial charge in [0.2, 0.25) is 0 Å². The van der Waals surface area contributed by atoms with E-state index in [0.29, 0.717) is 5.92 Å². The quantitative estimate of drug-likeness (QED) is 0.412. The standard InChI is InChI=1S/C26H35F/c1-3-5-6-18-26(27)19-16-25(17-20-26)24-14-12-23(13-15-24)22-10-8-21(7-4-2)9-11-22/h8-15,25H,3-7,16-20H2,1-2H3. The number of aryl methyl sites for hydroxylation is 1. The van der Waals surface area contributed by atoms with E-state index in [1.54, 1.807) is 0 Å². The molecule has 0 N–H and O–H groups in total. The summed E-state index contributed by atoms with van der Waals surface area (Å²) in [5.41, 5.74) is 4.46. The predicted octanol–water partition coefficient (Wildman–Crippen LogP) is 8.25. The van der Waals surface area contributed by atoms with Gasteiger partial charge in [-0.15, -0.1) is 0 Å². The lowest BCUT2D eigenvalue weighted by atomic mass is 9.75. The van der Waals surface area contributed by atoms with Crippen molar-refractivity contribution >= 4 is 0 Å². The van der Waals surface area contributed by atoms with Crippen molar-refractivity contribution in [2.24, 2.45) is 0 Å². The van der Waals surface area contributed by atoms with Gasteiger partial charge in [0.05, 0.1) is 0 Å². The molecule has 0 radical (unpaired) electrons. The molecule has 1 fully saturated rings. The molecule has 0 aromatic heterocycles. The molecule has 27 heavy (non-hydrogen) atoms. The molecule has 1 heteroatoms. The van der Waals surface area contributed by atoms with E-state index in [1.165, 1.54) is 35.1 Å². The summed E-state index contributed by atoms with van der Waals surface area (Å²) >= 11 is 0. The molecule has 0 aliphatic heterocycles. The number of unbranched alkanes of at least 4 members (excludes halogenated alkanes) is 2. The van der Waals surface area contributed by atoms with Crippen molar-refractivity contribution in [2.45, 2.75) is 89.6 Å². The zero-order valence-corrected chi connectivity index (χ0v) is 17.1. The normalized spacial score (nSPS) is 22.7. The number of halogens is 1. The molecule has 3 rings (SSSR count). The van der Waals surface area contributed by atoms with Gasteiger partial charge in [-0.2, -0.15) is 0 Å². The topological polar surface area (TPSA) is 0 Å². The highest BCUT2D eigenvalue weighted by atomic mass is 19.1. The second-order valence-corrected chi connectivity index (χ2v) is 8.45. The van der Waals surface area contributed by atoms with Gasteiger partial charge in [0, 0.05) is 0 Å². The van der Waals surface area contributed by atoms with Crippen LogP contribution in [0.25, 0.3) is 11.1 Å². The lowest BCUT2D eigenvalue weighted by Gasteiger charge is -2.34. The third-order valence-electron chi connectivity index (χ3n) is 6.32. The van der Waals surface area contributed by atoms with Gasteiger partial charge in [-0.25, -0.2) is 4.39 Å². The van der Waals surface area contributed by atoms with Gasteiger partial charge >= 0.3 is 0 Å². The van der Waals surface area contributed by atoms with Crippen molar-refractivity contribution in [1.82, 2.24) is 0 Å². The van der Waals surface area contributed by atoms with E-state index in [4.69, 9.17) is 0 Å². The summed E-state index contributed by atoms with van der Waals surface area (Å²) in [6, 6.07) is 18.0. The molecular formula is C26H35F. The number of benzene rings is 2. The molecule has 1 aliphatic rings. The highest BCUT2D eigenvalue weighted by Gasteiger charge is 2.35. The van der Waals surface area contributed by atoms with Gasteiger partial charge in [0.25, 0.3) is 0 Å². The van der Waals surface area contributed by atoms with Crippen molar-refractivity contribution < 1.29 is 4.39 Å². The fourth-order valence-corrected chi connectivity index (χ4v) is 4.51. The summed E-state index contributed by atoms with van der Waals surface area (Å²) in [6.07, 6.45) is 9.95. The Labute approximate surface area is 165 Å². The highest BCUT2D eigenvalue weighted by Crippen LogP contribution is 2.43. The summed E-state index contributed by atoms with van der Waals surface area (Å²) in [5, 5.41) is 0. The van der Waals surface area contributed by atoms with Crippen LogP contribution in [0.1, 0.15) is 88.7 Å². The van der Waals surface area contributed by atoms with Crippen molar-refractivity contribution in [2.75, 3.05) is 0 Å². The zero-order chi connectivity index (χ0) is 19.1. The van der Waals surface area contributed by atoms with Crippen LogP contribution in [0.3, 0.4) is 0 Å². The molecule has 1 saturated carbocycles. The van der Waals surface area contributed by atoms with Crippen LogP contribution in [-0.2, 0) is 6.42 Å². The van der Waals surface area contributed by atoms with Crippen LogP contribution in [0.5, 0.6) is 0 Å². The summed E-state index contributed by atoms with van der Waals surface area (Å²) < 4.78 is 15.0. The first kappa shape index (κ1) is 20.1. The summed E-state index contributed by atoms with van der Waals surface area (Å²) in [7, 11) is 0. The van der Waals surface area contributed by atoms with E-state index in [-0.39, 0.29) is 0 Å². The third-order valence-corrected chi connectivity index (χ3v) is 6.32. The van der Waals surface area contributed by atoms with Gasteiger partial charge in [-0.3, -0.25) is 0 Å². The first-order valence-corrected chi connectivity index (χ1v) is 11.0. The molecule has 0 spiro atoms. The van der Waals surface area contributed by atoms with Gasteiger partial charge in [0.1, 0.15) is 5.67 Å². The van der Waals surface area contributed by atoms with E-state index in [2.05, 4.69) is 62.4 Å². The van der Waals surface area contributed by atoms with E-state index in [1.807, 2.05) is 0 Å². The van der Waals surface area contributed by atoms with Crippen molar-refractivity contribution in [1.29, 1.82) is 0 Å². The maximum absolute atomic E-state index is 15.0. The molecule has 1 aliphatic carbocycles. The van der Waals surface area contributed by atoms with Gasteiger partial charge < -0.3 is 0 Å². The minimum absolute atomic E-state index is 0.529. The van der Waals surface area contributed by atoms with Crippen molar-refractivity contribution in [3.8, 4) is 11.1 Å². The highest BCUT2D eigenvalue weighted by molar-refractivity contribution is 5.64. The Kier molecular flexibility index (Phi) is 7.10. The average Bonchev–Trinajstić information content (AvgIpc) is 2.70. The minimum Gasteiger partial charge on any atom is -0.244 e. The smallest absolute Gasteiger partial charge is 0.111 e. The van der Waals surface area contributed by atoms with E-state index < -0.39 is 5.67 Å². The molecule has 0 nitrogen and oxygen atoms in total. The number of rotatable bonds is 8. The van der Waals surface area contributed by atoms with Crippen LogP contribution in [0.2, 0.25) is 0 Å². The molecule has 0 atom stereocenters. The van der Waals surface area contributed by atoms with Crippen LogP contribution in [-0.4, -0.2) is 5.67 Å². The Hall–Kier alpha value is -1.63. The fraction of sp³-hybridized carbons (Fsp3) is 0.538. The van der Waals surface area contributed by atoms with Gasteiger partial charge in [0.15, 0.2) is 0 Å². The zero-order valence-electron chi connectivity index (χ0n) is 17.1. The van der Waals surface area contributed by atoms with Crippen molar-refractivity contribution in [3.63, 3.8) is 0 Å². The van der Waals surface area contributed by atoms with Gasteiger partial charge in [-0.1, -0.05) is 88.1 Å². The Bertz CT molecular complexity index is 675. The molecule has 0 unspecified atom stereocenters. The number of hydrogen-bond donors (Lipinski definition) is 0. The second-order valence-electron chi connectivity index (χ2n) is 8.45. The lowest BCUT2D eigenvalue weighted by Crippen LogP contribution is -2.28. The maximum atomic E-state index is 15.0. The molecule has 146 valence electrons. The lowest BCUT2D eigenvalue weighted by molar-refractivity contribution is 0.0851. The molecule has 2 aromatic rings. The first-order chi connectivity index (χ1) is 13.1. The van der Waals surface area contributed by atoms with Crippen LogP contribution in [0.4, 0.5) is 4.39 Å². The third kappa shape index (κ3) is 5.43. The van der Waals surface area contributed by atoms with Gasteiger partial charge in [-0.05, 0) is 66.7 Å². The van der Waals surface area contributed by atoms with Crippen LogP contribution in [0, 0.1) is 0 Å². The molecule has 0 amide bonds. The summed E-state index contributed by atoms with van der Waals surface area (Å²) in [4.78, 5) is 0. The van der Waals surface area contributed by atoms with Crippen molar-refractivity contribution in [3.05, 3.63) is 59.7 Å². The molecular weight excluding hydrogens is 331 g/mol. The van der Waals surface area contributed by atoms with Crippen LogP contribution < -0.4 is 0 Å². The van der Waals surface area contributed by atoms with Crippen LogP contribution in [0.15, 0.2) is 48.5 Å². The predicted molar refractivity (Wildman–Crippen MR) is 115 cm³/mol. The Morgan fingerprint density at radius 3 is 1.96 bits per heavy atom. The second kappa shape index (κ2) is 9.53. The largest absolute Gasteiger partial charge is 0.244 e. The molecule has 0 heterocycles. The molecule has 0 saturated heterocycles. The number of alkyl halides is 1. The maximum Gasteiger partial charge on any atom is 0.111 e. The summed E-state index contributed by atoms with van der Waals surface area (Å²) in [5.74, 6) is 0.529. The first-order valence-electron chi connectivity index (χ1n) is 11.0. The van der Waals surface area contributed by atoms with E-state index in [9.17, 15) is 4.39 Å². The summed E-state index contributed by atoms with van der Waals surface area (Å²) in [6.45, 7) is 4.40. The Morgan fingerprint density at radius 1 is 0.815 bits per heavy atom. The molecule has 0 bridgehead atoms. The Balaban J connectivity index is 1.58. The van der Waals surface area contributed by atoms with Crippen LogP contribution >= 0.6 is 0 Å². The fourth-order valence-electron chi connectivity index (χ4n) is 4.51. The average molecular weight is 367 g/mol. The number of hydrogen-bond acceptors (Lipinski definition) is 0. The molecule has 2 aromatic carbocycles. The SMILES string of the molecule is CCCCCC1(F)CCC(c2ccc(-c3ccc(CCC)cc3)cc2)CC1. The minimum atomic E-state index is -0.897. The Morgan fingerprint density at radius 2 is 1.41 bits per heavy atom.